The van der Waals surface area contributed by atoms with Crippen molar-refractivity contribution < 1.29 is 9.25 Å². The summed E-state index contributed by atoms with van der Waals surface area (Å²) < 4.78 is 8.57. The van der Waals surface area contributed by atoms with Gasteiger partial charge in [-0.3, -0.25) is 5.41 Å². The van der Waals surface area contributed by atoms with Gasteiger partial charge in [0.05, 0.1) is 11.0 Å². The summed E-state index contributed by atoms with van der Waals surface area (Å²) in [6, 6.07) is 73.3. The maximum atomic E-state index is 9.24. The number of hydrogen-bond donors (Lipinski definition) is 1. The quantitative estimate of drug-likeness (QED) is 0.0609. The lowest BCUT2D eigenvalue weighted by molar-refractivity contribution is 0.0483. The van der Waals surface area contributed by atoms with E-state index in [1.54, 1.807) is 5.06 Å². The number of nitrogens with zero attached hydrogens (tertiary/aromatic N) is 3. The van der Waals surface area contributed by atoms with Gasteiger partial charge in [-0.2, -0.15) is 5.06 Å². The van der Waals surface area contributed by atoms with Crippen LogP contribution in [0.2, 0.25) is 0 Å². The van der Waals surface area contributed by atoms with Crippen molar-refractivity contribution >= 4 is 61.0 Å². The number of amidine groups is 2. The van der Waals surface area contributed by atoms with Crippen molar-refractivity contribution in [1.82, 2.24) is 9.63 Å². The fraction of sp³-hybridized carbons (Fsp3) is 0.0476. The second-order valence-corrected chi connectivity index (χ2v) is 17.1. The van der Waals surface area contributed by atoms with Gasteiger partial charge in [-0.25, -0.2) is 4.99 Å². The molecule has 11 rings (SSSR count). The van der Waals surface area contributed by atoms with Gasteiger partial charge in [0.1, 0.15) is 11.2 Å². The molecule has 0 amide bonds. The molecule has 0 atom stereocenters. The average Bonchev–Trinajstić information content (AvgIpc) is 3.95. The number of aromatic nitrogens is 1. The summed E-state index contributed by atoms with van der Waals surface area (Å²) in [5.41, 5.74) is 14.8. The topological polar surface area (TPSA) is 66.8 Å². The summed E-state index contributed by atoms with van der Waals surface area (Å²) in [4.78, 5) is 11.7. The molecule has 0 bridgehead atoms. The lowest BCUT2D eigenvalue weighted by atomic mass is 9.96. The van der Waals surface area contributed by atoms with Crippen LogP contribution in [0.3, 0.4) is 0 Å². The largest absolute Gasteiger partial charge is 0.456 e. The van der Waals surface area contributed by atoms with E-state index in [-0.39, 0.29) is 5.84 Å². The van der Waals surface area contributed by atoms with E-state index in [4.69, 9.17) is 14.2 Å². The number of fused-ring (bicyclic) bond motifs is 6. The van der Waals surface area contributed by atoms with Crippen LogP contribution in [0.25, 0.3) is 88.4 Å². The molecule has 0 spiro atoms. The molecule has 6 nitrogen and oxygen atoms in total. The van der Waals surface area contributed by atoms with Crippen LogP contribution in [0.4, 0.5) is 0 Å². The van der Waals surface area contributed by atoms with Crippen LogP contribution in [-0.2, 0) is 0 Å². The molecule has 0 aliphatic carbocycles. The first kappa shape index (κ1) is 42.6. The van der Waals surface area contributed by atoms with E-state index < -0.39 is 0 Å². The predicted octanol–water partition coefficient (Wildman–Crippen LogP) is 16.4. The zero-order chi connectivity index (χ0) is 46.8. The second kappa shape index (κ2) is 18.4. The molecule has 0 unspecified atom stereocenters. The van der Waals surface area contributed by atoms with Crippen LogP contribution in [0.5, 0.6) is 5.75 Å². The maximum absolute atomic E-state index is 9.24. The zero-order valence-corrected chi connectivity index (χ0v) is 38.4. The predicted molar refractivity (Wildman–Crippen MR) is 287 cm³/mol. The van der Waals surface area contributed by atoms with Gasteiger partial charge in [0.25, 0.3) is 0 Å². The van der Waals surface area contributed by atoms with E-state index in [0.29, 0.717) is 17.1 Å². The zero-order valence-electron chi connectivity index (χ0n) is 38.4. The summed E-state index contributed by atoms with van der Waals surface area (Å²) >= 11 is 0. The summed E-state index contributed by atoms with van der Waals surface area (Å²) in [5.74, 6) is 1.21. The van der Waals surface area contributed by atoms with Crippen LogP contribution in [0.15, 0.2) is 240 Å². The Kier molecular flexibility index (Phi) is 11.3. The Hall–Kier alpha value is -9.00. The van der Waals surface area contributed by atoms with E-state index in [0.717, 1.165) is 106 Å². The molecule has 9 aromatic carbocycles. The van der Waals surface area contributed by atoms with Gasteiger partial charge in [-0.15, -0.1) is 0 Å². The fourth-order valence-corrected chi connectivity index (χ4v) is 9.37. The van der Waals surface area contributed by atoms with Crippen LogP contribution < -0.4 is 4.84 Å². The minimum atomic E-state index is 0.114. The minimum Gasteiger partial charge on any atom is -0.456 e. The Morgan fingerprint density at radius 3 is 2.09 bits per heavy atom. The monoisotopic (exact) mass is 892 g/mol. The van der Waals surface area contributed by atoms with Crippen LogP contribution >= 0.6 is 0 Å². The molecule has 6 heteroatoms. The smallest absolute Gasteiger partial charge is 0.172 e. The van der Waals surface area contributed by atoms with Crippen molar-refractivity contribution in [2.75, 3.05) is 7.05 Å². The number of furan rings is 1. The standard InChI is InChI=1S/C63H48N4O2/c1-4-5-19-42(2)51-28-12-15-33-60(51)69-66(3)63(65-62(64)44-22-10-7-11-23-44)49-26-17-27-50(39-49)67-57-36-34-46(43-20-8-6-9-21-43)40-55(57)54-31-18-30-52(61(54)67)48-25-16-24-45(38-48)47-35-37-59-56(41-47)53-29-13-14-32-58(53)68-59/h5-41,64H,2,4H2,1,3H3/b19-5-,64-62?,65-63?. The van der Waals surface area contributed by atoms with Crippen molar-refractivity contribution in [2.24, 2.45) is 4.99 Å². The van der Waals surface area contributed by atoms with Crippen LogP contribution in [-0.4, -0.2) is 28.3 Å². The van der Waals surface area contributed by atoms with Gasteiger partial charge in [0.2, 0.25) is 0 Å². The number of nitrogens with one attached hydrogen (secondary N) is 1. The lowest BCUT2D eigenvalue weighted by Crippen LogP contribution is -2.32. The average molecular weight is 893 g/mol. The Labute approximate surface area is 401 Å². The first-order valence-corrected chi connectivity index (χ1v) is 23.3. The molecule has 0 aliphatic rings. The molecule has 1 N–H and O–H groups in total. The van der Waals surface area contributed by atoms with E-state index in [9.17, 15) is 5.41 Å². The first-order valence-electron chi connectivity index (χ1n) is 23.3. The minimum absolute atomic E-state index is 0.114. The van der Waals surface area contributed by atoms with E-state index >= 15 is 0 Å². The van der Waals surface area contributed by atoms with Crippen molar-refractivity contribution in [3.63, 3.8) is 0 Å². The van der Waals surface area contributed by atoms with Crippen LogP contribution in [0, 0.1) is 5.41 Å². The Morgan fingerprint density at radius 2 is 1.23 bits per heavy atom. The summed E-state index contributed by atoms with van der Waals surface area (Å²) in [6.07, 6.45) is 5.00. The van der Waals surface area contributed by atoms with Gasteiger partial charge < -0.3 is 13.8 Å². The fourth-order valence-electron chi connectivity index (χ4n) is 9.37. The van der Waals surface area contributed by atoms with Gasteiger partial charge in [0, 0.05) is 56.5 Å². The first-order chi connectivity index (χ1) is 33.9. The number of hydrogen-bond acceptors (Lipinski definition) is 3. The molecule has 332 valence electrons. The third kappa shape index (κ3) is 8.19. The van der Waals surface area contributed by atoms with Crippen molar-refractivity contribution in [3.05, 3.63) is 248 Å². The van der Waals surface area contributed by atoms with E-state index in [1.807, 2.05) is 85.9 Å². The molecule has 0 fully saturated rings. The number of allylic oxidation sites excluding steroid dienone is 3. The number of aliphatic imine (C=N–C) groups is 1. The highest BCUT2D eigenvalue weighted by molar-refractivity contribution is 6.15. The highest BCUT2D eigenvalue weighted by Gasteiger charge is 2.21. The number of benzene rings is 9. The summed E-state index contributed by atoms with van der Waals surface area (Å²) in [7, 11) is 1.84. The molecule has 2 aromatic heterocycles. The SMILES string of the molecule is C=C(/C=C\CC)c1ccccc1ON(C)C(=NC(=N)c1ccccc1)c1cccc(-n2c3ccc(-c4ccccc4)cc3c3cccc(-c4cccc(-c5ccc6oc7ccccc7c6c5)c4)c32)c1. The molecule has 0 radical (unpaired) electrons. The lowest BCUT2D eigenvalue weighted by Gasteiger charge is -2.24. The number of rotatable bonds is 11. The highest BCUT2D eigenvalue weighted by atomic mass is 16.7. The summed E-state index contributed by atoms with van der Waals surface area (Å²) in [6.45, 7) is 6.45. The van der Waals surface area contributed by atoms with Crippen molar-refractivity contribution in [1.29, 1.82) is 5.41 Å². The Bertz CT molecular complexity index is 3800. The molecule has 11 aromatic rings. The molecular weight excluding hydrogens is 845 g/mol. The van der Waals surface area contributed by atoms with Gasteiger partial charge in [-0.05, 0) is 94.4 Å². The van der Waals surface area contributed by atoms with Gasteiger partial charge >= 0.3 is 0 Å². The maximum Gasteiger partial charge on any atom is 0.172 e. The molecule has 0 saturated carbocycles. The normalized spacial score (nSPS) is 11.8. The van der Waals surface area contributed by atoms with Gasteiger partial charge in [-0.1, -0.05) is 183 Å². The van der Waals surface area contributed by atoms with Gasteiger partial charge in [0.15, 0.2) is 17.4 Å². The molecule has 69 heavy (non-hydrogen) atoms. The highest BCUT2D eigenvalue weighted by Crippen LogP contribution is 2.41. The summed E-state index contributed by atoms with van der Waals surface area (Å²) in [5, 5.41) is 15.4. The van der Waals surface area contributed by atoms with E-state index in [1.165, 1.54) is 0 Å². The van der Waals surface area contributed by atoms with Crippen molar-refractivity contribution in [3.8, 4) is 44.8 Å². The Balaban J connectivity index is 1.08. The Morgan fingerprint density at radius 1 is 0.594 bits per heavy atom. The van der Waals surface area contributed by atoms with Crippen molar-refractivity contribution in [2.45, 2.75) is 13.3 Å². The molecule has 0 aliphatic heterocycles. The second-order valence-electron chi connectivity index (χ2n) is 17.1. The molecule has 2 heterocycles. The number of para-hydroxylation sites is 3. The molecular formula is C63H48N4O2. The third-order valence-corrected chi connectivity index (χ3v) is 12.7. The van der Waals surface area contributed by atoms with E-state index in [2.05, 4.69) is 164 Å². The molecule has 0 saturated heterocycles. The third-order valence-electron chi connectivity index (χ3n) is 12.7. The number of hydroxylamine groups is 2. The van der Waals surface area contributed by atoms with Crippen LogP contribution in [0.1, 0.15) is 30.0 Å².